The van der Waals surface area contributed by atoms with Crippen LogP contribution in [0.1, 0.15) is 5.56 Å². The minimum absolute atomic E-state index is 0.0785. The van der Waals surface area contributed by atoms with Gasteiger partial charge in [-0.3, -0.25) is 4.57 Å². The second-order valence-electron chi connectivity index (χ2n) is 5.98. The summed E-state index contributed by atoms with van der Waals surface area (Å²) in [7, 11) is 0. The molecule has 0 spiro atoms. The Kier molecular flexibility index (Phi) is 4.81. The van der Waals surface area contributed by atoms with Crippen molar-refractivity contribution in [2.24, 2.45) is 10.7 Å². The van der Waals surface area contributed by atoms with E-state index in [1.807, 2.05) is 28.7 Å². The van der Waals surface area contributed by atoms with Crippen molar-refractivity contribution in [2.45, 2.75) is 0 Å². The summed E-state index contributed by atoms with van der Waals surface area (Å²) in [5, 5.41) is 8.77. The minimum Gasteiger partial charge on any atom is -0.383 e. The van der Waals surface area contributed by atoms with Gasteiger partial charge in [0.25, 0.3) is 0 Å². The fraction of sp³-hybridized carbons (Fsp3) is 0. The molecule has 4 N–H and O–H groups in total. The molecular formula is C19H12FIN8. The molecule has 0 saturated carbocycles. The van der Waals surface area contributed by atoms with Gasteiger partial charge in [-0.25, -0.2) is 19.3 Å². The highest BCUT2D eigenvalue weighted by Crippen LogP contribution is 2.30. The highest BCUT2D eigenvalue weighted by atomic mass is 127. The zero-order valence-electron chi connectivity index (χ0n) is 14.7. The zero-order chi connectivity index (χ0) is 20.5. The van der Waals surface area contributed by atoms with Crippen LogP contribution in [0.25, 0.3) is 28.2 Å². The Morgan fingerprint density at radius 2 is 1.93 bits per heavy atom. The lowest BCUT2D eigenvalue weighted by Gasteiger charge is -2.11. The molecule has 10 heteroatoms. The number of nitrogen functional groups attached to an aromatic ring is 1. The summed E-state index contributed by atoms with van der Waals surface area (Å²) in [5.74, 6) is 0.344. The van der Waals surface area contributed by atoms with Crippen LogP contribution in [0, 0.1) is 21.1 Å². The number of benzene rings is 2. The van der Waals surface area contributed by atoms with Gasteiger partial charge in [-0.15, -0.1) is 0 Å². The number of fused-ring (bicyclic) bond motifs is 1. The third-order valence-corrected chi connectivity index (χ3v) is 4.64. The minimum atomic E-state index is -0.395. The summed E-state index contributed by atoms with van der Waals surface area (Å²) in [6.45, 7) is 0. The summed E-state index contributed by atoms with van der Waals surface area (Å²) < 4.78 is 16.1. The van der Waals surface area contributed by atoms with Crippen molar-refractivity contribution in [1.82, 2.24) is 19.5 Å². The molecule has 0 aliphatic rings. The average Bonchev–Trinajstić information content (AvgIpc) is 3.08. The average molecular weight is 498 g/mol. The van der Waals surface area contributed by atoms with E-state index in [4.69, 9.17) is 16.7 Å². The highest BCUT2D eigenvalue weighted by Gasteiger charge is 2.19. The molecule has 0 bridgehead atoms. The van der Waals surface area contributed by atoms with Gasteiger partial charge in [0.1, 0.15) is 17.5 Å². The molecule has 0 aliphatic heterocycles. The number of imidazole rings is 1. The number of nitrogens with two attached hydrogens (primary N) is 2. The van der Waals surface area contributed by atoms with Crippen LogP contribution in [0.4, 0.5) is 10.2 Å². The van der Waals surface area contributed by atoms with Crippen LogP contribution in [-0.4, -0.2) is 25.4 Å². The number of hydrogen-bond acceptors (Lipinski definition) is 6. The number of aromatic nitrogens is 4. The predicted octanol–water partition coefficient (Wildman–Crippen LogP) is 2.99. The molecule has 0 atom stereocenters. The van der Waals surface area contributed by atoms with Crippen LogP contribution in [-0.2, 0) is 0 Å². The van der Waals surface area contributed by atoms with Crippen LogP contribution in [0.3, 0.4) is 0 Å². The number of halogens is 2. The lowest BCUT2D eigenvalue weighted by Crippen LogP contribution is -2.13. The fourth-order valence-corrected chi connectivity index (χ4v) is 3.43. The molecule has 29 heavy (non-hydrogen) atoms. The Morgan fingerprint density at radius 3 is 2.69 bits per heavy atom. The maximum Gasteiger partial charge on any atom is 0.207 e. The Bertz CT molecular complexity index is 1320. The molecule has 0 amide bonds. The third kappa shape index (κ3) is 3.47. The number of hydrogen-bond donors (Lipinski definition) is 2. The van der Waals surface area contributed by atoms with Crippen LogP contribution < -0.4 is 11.5 Å². The van der Waals surface area contributed by atoms with Gasteiger partial charge in [0.05, 0.1) is 0 Å². The topological polar surface area (TPSA) is 132 Å². The van der Waals surface area contributed by atoms with Gasteiger partial charge >= 0.3 is 0 Å². The van der Waals surface area contributed by atoms with Gasteiger partial charge in [0.15, 0.2) is 20.8 Å². The van der Waals surface area contributed by atoms with E-state index in [2.05, 4.69) is 19.9 Å². The first-order valence-corrected chi connectivity index (χ1v) is 9.36. The highest BCUT2D eigenvalue weighted by molar-refractivity contribution is 14.1. The third-order valence-electron chi connectivity index (χ3n) is 4.16. The first kappa shape index (κ1) is 18.8. The van der Waals surface area contributed by atoms with E-state index in [0.29, 0.717) is 37.6 Å². The zero-order valence-corrected chi connectivity index (χ0v) is 16.9. The second-order valence-corrected chi connectivity index (χ2v) is 6.94. The molecule has 0 unspecified atom stereocenters. The Balaban J connectivity index is 2.05. The number of anilines is 1. The number of aliphatic imine (C=N–C) groups is 1. The lowest BCUT2D eigenvalue weighted by atomic mass is 10.1. The van der Waals surface area contributed by atoms with Crippen molar-refractivity contribution in [3.05, 3.63) is 63.7 Å². The van der Waals surface area contributed by atoms with Crippen molar-refractivity contribution < 1.29 is 4.39 Å². The first-order chi connectivity index (χ1) is 14.0. The summed E-state index contributed by atoms with van der Waals surface area (Å²) in [6, 6.07) is 13.1. The molecule has 0 aliphatic carbocycles. The van der Waals surface area contributed by atoms with E-state index in [1.54, 1.807) is 41.1 Å². The van der Waals surface area contributed by atoms with E-state index in [1.165, 1.54) is 12.1 Å². The molecular weight excluding hydrogens is 486 g/mol. The van der Waals surface area contributed by atoms with Crippen molar-refractivity contribution >= 4 is 45.4 Å². The predicted molar refractivity (Wildman–Crippen MR) is 116 cm³/mol. The standard InChI is InChI=1S/C19H12FIN8/c20-12-5-1-4-11(7-12)17-26-14-16(24)27-19(21)28-18(14)29(17)13-6-2-3-10(8-13)15(23)25-9-22/h1-8H,(H2,23,25)(H2,24,27,28). The number of rotatable bonds is 3. The van der Waals surface area contributed by atoms with Crippen LogP contribution in [0.15, 0.2) is 53.5 Å². The van der Waals surface area contributed by atoms with E-state index < -0.39 is 5.82 Å². The van der Waals surface area contributed by atoms with Gasteiger partial charge in [-0.05, 0) is 24.3 Å². The van der Waals surface area contributed by atoms with Crippen molar-refractivity contribution in [3.8, 4) is 23.3 Å². The molecule has 2 aromatic heterocycles. The summed E-state index contributed by atoms with van der Waals surface area (Å²) >= 11 is 1.97. The monoisotopic (exact) mass is 498 g/mol. The van der Waals surface area contributed by atoms with E-state index in [0.717, 1.165) is 0 Å². The fourth-order valence-electron chi connectivity index (χ4n) is 2.94. The van der Waals surface area contributed by atoms with Crippen molar-refractivity contribution in [1.29, 1.82) is 5.26 Å². The van der Waals surface area contributed by atoms with Gasteiger partial charge in [0, 0.05) is 39.4 Å². The SMILES string of the molecule is N#CN=C(N)c1cccc(-n2c(-c3cccc(F)c3)nc3c(N)nc(I)nc32)c1. The smallest absolute Gasteiger partial charge is 0.207 e. The molecule has 142 valence electrons. The molecule has 4 rings (SSSR count). The molecule has 8 nitrogen and oxygen atoms in total. The summed E-state index contributed by atoms with van der Waals surface area (Å²) in [5.41, 5.74) is 14.5. The number of nitrogens with zero attached hydrogens (tertiary/aromatic N) is 6. The Hall–Kier alpha value is -3.59. The van der Waals surface area contributed by atoms with Crippen LogP contribution >= 0.6 is 22.6 Å². The van der Waals surface area contributed by atoms with Crippen molar-refractivity contribution in [2.75, 3.05) is 5.73 Å². The van der Waals surface area contributed by atoms with Gasteiger partial charge in [0.2, 0.25) is 6.19 Å². The number of nitriles is 1. The Morgan fingerprint density at radius 1 is 1.14 bits per heavy atom. The van der Waals surface area contributed by atoms with E-state index in [9.17, 15) is 4.39 Å². The molecule has 0 fully saturated rings. The van der Waals surface area contributed by atoms with E-state index >= 15 is 0 Å². The largest absolute Gasteiger partial charge is 0.383 e. The quantitative estimate of drug-likeness (QED) is 0.147. The first-order valence-electron chi connectivity index (χ1n) is 8.28. The van der Waals surface area contributed by atoms with Gasteiger partial charge < -0.3 is 11.5 Å². The van der Waals surface area contributed by atoms with Crippen molar-refractivity contribution in [3.63, 3.8) is 0 Å². The molecule has 2 heterocycles. The van der Waals surface area contributed by atoms with Crippen LogP contribution in [0.2, 0.25) is 0 Å². The molecule has 0 radical (unpaired) electrons. The maximum atomic E-state index is 13.9. The van der Waals surface area contributed by atoms with Gasteiger partial charge in [-0.2, -0.15) is 10.3 Å². The molecule has 0 saturated heterocycles. The summed E-state index contributed by atoms with van der Waals surface area (Å²) in [4.78, 5) is 16.8. The van der Waals surface area contributed by atoms with E-state index in [-0.39, 0.29) is 11.7 Å². The molecule has 2 aromatic carbocycles. The lowest BCUT2D eigenvalue weighted by molar-refractivity contribution is 0.628. The normalized spacial score (nSPS) is 11.6. The maximum absolute atomic E-state index is 13.9. The Labute approximate surface area is 177 Å². The van der Waals surface area contributed by atoms with Crippen LogP contribution in [0.5, 0.6) is 0 Å². The molecule has 4 aromatic rings. The second kappa shape index (κ2) is 7.44. The summed E-state index contributed by atoms with van der Waals surface area (Å²) in [6.07, 6.45) is 1.67. The number of amidine groups is 1. The van der Waals surface area contributed by atoms with Gasteiger partial charge in [-0.1, -0.05) is 24.3 Å².